The number of nitrogens with zero attached hydrogens (tertiary/aromatic N) is 3. The van der Waals surface area contributed by atoms with Gasteiger partial charge in [0.25, 0.3) is 0 Å². The average molecular weight is 531 g/mol. The van der Waals surface area contributed by atoms with Crippen LogP contribution in [0.2, 0.25) is 0 Å². The highest BCUT2D eigenvalue weighted by atomic mass is 16.5. The zero-order valence-electron chi connectivity index (χ0n) is 23.2. The Morgan fingerprint density at radius 3 is 2.44 bits per heavy atom. The van der Waals surface area contributed by atoms with Crippen molar-refractivity contribution in [3.63, 3.8) is 0 Å². The lowest BCUT2D eigenvalue weighted by molar-refractivity contribution is -0.139. The van der Waals surface area contributed by atoms with Crippen molar-refractivity contribution in [1.82, 2.24) is 20.0 Å². The van der Waals surface area contributed by atoms with Gasteiger partial charge in [-0.2, -0.15) is 0 Å². The van der Waals surface area contributed by atoms with Gasteiger partial charge >= 0.3 is 0 Å². The van der Waals surface area contributed by atoms with E-state index in [1.165, 1.54) is 5.56 Å². The van der Waals surface area contributed by atoms with E-state index in [1.807, 2.05) is 12.1 Å². The van der Waals surface area contributed by atoms with E-state index in [2.05, 4.69) is 62.5 Å². The molecule has 0 bridgehead atoms. The molecule has 4 aliphatic rings. The lowest BCUT2D eigenvalue weighted by Gasteiger charge is -2.39. The normalized spacial score (nSPS) is 27.0. The van der Waals surface area contributed by atoms with Gasteiger partial charge in [0.05, 0.1) is 18.4 Å². The molecule has 3 atom stereocenters. The van der Waals surface area contributed by atoms with E-state index in [1.54, 1.807) is 7.11 Å². The Balaban J connectivity index is 1.07. The molecule has 1 N–H and O–H groups in total. The molecule has 0 saturated carbocycles. The summed E-state index contributed by atoms with van der Waals surface area (Å²) in [5, 5.41) is 3.35. The molecular formula is C32H42N4O3. The SMILES string of the molecule is COc1ccc(CN2CCC3(CCN(CC4CN(C(=O)C5CCNC5)CC4c4ccccc4)CC3)C2=O)cc1. The van der Waals surface area contributed by atoms with E-state index in [9.17, 15) is 9.59 Å². The maximum absolute atomic E-state index is 13.6. The van der Waals surface area contributed by atoms with E-state index in [4.69, 9.17) is 4.74 Å². The van der Waals surface area contributed by atoms with Crippen molar-refractivity contribution >= 4 is 11.8 Å². The van der Waals surface area contributed by atoms with Gasteiger partial charge in [0, 0.05) is 45.2 Å². The predicted octanol–water partition coefficient (Wildman–Crippen LogP) is 3.36. The third-order valence-corrected chi connectivity index (χ3v) is 9.83. The Bertz CT molecular complexity index is 1140. The molecule has 2 amide bonds. The van der Waals surface area contributed by atoms with Gasteiger partial charge < -0.3 is 24.8 Å². The molecule has 1 spiro atoms. The van der Waals surface area contributed by atoms with Crippen LogP contribution in [0.5, 0.6) is 5.75 Å². The lowest BCUT2D eigenvalue weighted by Crippen LogP contribution is -2.46. The van der Waals surface area contributed by atoms with Crippen LogP contribution in [0.25, 0.3) is 0 Å². The smallest absolute Gasteiger partial charge is 0.229 e. The maximum Gasteiger partial charge on any atom is 0.229 e. The summed E-state index contributed by atoms with van der Waals surface area (Å²) >= 11 is 0. The first-order chi connectivity index (χ1) is 19.0. The molecule has 0 aliphatic carbocycles. The number of amides is 2. The molecule has 7 nitrogen and oxygen atoms in total. The van der Waals surface area contributed by atoms with Crippen molar-refractivity contribution in [3.05, 3.63) is 65.7 Å². The Hall–Kier alpha value is -2.90. The van der Waals surface area contributed by atoms with Gasteiger partial charge in [-0.3, -0.25) is 9.59 Å². The van der Waals surface area contributed by atoms with Gasteiger partial charge in [-0.1, -0.05) is 42.5 Å². The molecule has 4 aliphatic heterocycles. The van der Waals surface area contributed by atoms with Gasteiger partial charge in [0.2, 0.25) is 11.8 Å². The maximum atomic E-state index is 13.6. The number of hydrogen-bond donors (Lipinski definition) is 1. The highest BCUT2D eigenvalue weighted by Gasteiger charge is 2.48. The summed E-state index contributed by atoms with van der Waals surface area (Å²) in [6, 6.07) is 18.8. The molecule has 0 aromatic heterocycles. The quantitative estimate of drug-likeness (QED) is 0.595. The summed E-state index contributed by atoms with van der Waals surface area (Å²) in [7, 11) is 1.67. The number of benzene rings is 2. The first-order valence-corrected chi connectivity index (χ1v) is 14.7. The number of ether oxygens (including phenoxy) is 1. The fraction of sp³-hybridized carbons (Fsp3) is 0.562. The van der Waals surface area contributed by atoms with Crippen LogP contribution in [0.1, 0.15) is 42.7 Å². The highest BCUT2D eigenvalue weighted by Crippen LogP contribution is 2.43. The van der Waals surface area contributed by atoms with Crippen molar-refractivity contribution in [3.8, 4) is 5.75 Å². The van der Waals surface area contributed by atoms with Gasteiger partial charge in [-0.25, -0.2) is 0 Å². The second-order valence-corrected chi connectivity index (χ2v) is 12.1. The summed E-state index contributed by atoms with van der Waals surface area (Å²) in [5.41, 5.74) is 2.30. The Morgan fingerprint density at radius 2 is 1.74 bits per heavy atom. The standard InChI is InChI=1S/C32H42N4O3/c1-39-28-9-7-24(8-10-28)20-35-18-14-32(31(35)38)12-16-34(17-13-32)21-27-22-36(30(37)26-11-15-33-19-26)23-29(27)25-5-3-2-4-6-25/h2-10,26-27,29,33H,11-23H2,1H3. The number of nitrogens with one attached hydrogen (secondary N) is 1. The Morgan fingerprint density at radius 1 is 1.00 bits per heavy atom. The Kier molecular flexibility index (Phi) is 7.63. The molecule has 208 valence electrons. The second kappa shape index (κ2) is 11.3. The van der Waals surface area contributed by atoms with E-state index < -0.39 is 0 Å². The minimum atomic E-state index is -0.199. The molecule has 6 rings (SSSR count). The van der Waals surface area contributed by atoms with Crippen molar-refractivity contribution in [2.24, 2.45) is 17.3 Å². The van der Waals surface area contributed by atoms with Gasteiger partial charge in [0.1, 0.15) is 5.75 Å². The number of piperidine rings is 1. The van der Waals surface area contributed by atoms with Crippen LogP contribution < -0.4 is 10.1 Å². The fourth-order valence-corrected chi connectivity index (χ4v) is 7.39. The van der Waals surface area contributed by atoms with Crippen LogP contribution in [0.3, 0.4) is 0 Å². The zero-order chi connectivity index (χ0) is 26.8. The molecule has 7 heteroatoms. The van der Waals surface area contributed by atoms with Crippen LogP contribution in [0, 0.1) is 17.3 Å². The molecule has 2 aromatic carbocycles. The third-order valence-electron chi connectivity index (χ3n) is 9.83. The number of rotatable bonds is 7. The second-order valence-electron chi connectivity index (χ2n) is 12.1. The highest BCUT2D eigenvalue weighted by molar-refractivity contribution is 5.85. The topological polar surface area (TPSA) is 65.1 Å². The van der Waals surface area contributed by atoms with Crippen LogP contribution in [-0.2, 0) is 16.1 Å². The third kappa shape index (κ3) is 5.44. The molecule has 0 radical (unpaired) electrons. The van der Waals surface area contributed by atoms with Gasteiger partial charge in [-0.05, 0) is 74.5 Å². The number of carbonyl (C=O) groups is 2. The largest absolute Gasteiger partial charge is 0.497 e. The number of methoxy groups -OCH3 is 1. The molecule has 2 aromatic rings. The summed E-state index contributed by atoms with van der Waals surface area (Å²) in [5.74, 6) is 2.43. The minimum absolute atomic E-state index is 0.129. The molecular weight excluding hydrogens is 488 g/mol. The zero-order valence-corrected chi connectivity index (χ0v) is 23.2. The molecule has 4 fully saturated rings. The molecule has 3 unspecified atom stereocenters. The first-order valence-electron chi connectivity index (χ1n) is 14.7. The molecule has 39 heavy (non-hydrogen) atoms. The molecule has 4 heterocycles. The van der Waals surface area contributed by atoms with Crippen molar-refractivity contribution in [1.29, 1.82) is 0 Å². The summed E-state index contributed by atoms with van der Waals surface area (Å²) in [4.78, 5) is 33.6. The van der Waals surface area contributed by atoms with E-state index in [0.29, 0.717) is 30.2 Å². The Labute approximate surface area is 232 Å². The van der Waals surface area contributed by atoms with E-state index >= 15 is 0 Å². The van der Waals surface area contributed by atoms with Crippen molar-refractivity contribution < 1.29 is 14.3 Å². The van der Waals surface area contributed by atoms with E-state index in [0.717, 1.165) is 89.4 Å². The number of hydrogen-bond acceptors (Lipinski definition) is 5. The van der Waals surface area contributed by atoms with Gasteiger partial charge in [-0.15, -0.1) is 0 Å². The number of likely N-dealkylation sites (tertiary alicyclic amines) is 3. The lowest BCUT2D eigenvalue weighted by atomic mass is 9.76. The fourth-order valence-electron chi connectivity index (χ4n) is 7.39. The van der Waals surface area contributed by atoms with Crippen molar-refractivity contribution in [2.45, 2.75) is 38.1 Å². The van der Waals surface area contributed by atoms with Crippen LogP contribution in [-0.4, -0.2) is 86.0 Å². The van der Waals surface area contributed by atoms with Crippen molar-refractivity contribution in [2.75, 3.05) is 59.5 Å². The van der Waals surface area contributed by atoms with Gasteiger partial charge in [0.15, 0.2) is 0 Å². The summed E-state index contributed by atoms with van der Waals surface area (Å²) in [6.07, 6.45) is 3.78. The van der Waals surface area contributed by atoms with Crippen LogP contribution in [0.15, 0.2) is 54.6 Å². The average Bonchev–Trinajstić information content (AvgIpc) is 3.73. The minimum Gasteiger partial charge on any atom is -0.497 e. The van der Waals surface area contributed by atoms with E-state index in [-0.39, 0.29) is 11.3 Å². The molecule has 4 saturated heterocycles. The van der Waals surface area contributed by atoms with Crippen LogP contribution in [0.4, 0.5) is 0 Å². The van der Waals surface area contributed by atoms with Crippen LogP contribution >= 0.6 is 0 Å². The summed E-state index contributed by atoms with van der Waals surface area (Å²) in [6.45, 7) is 7.85. The predicted molar refractivity (Wildman–Crippen MR) is 151 cm³/mol. The number of carbonyl (C=O) groups excluding carboxylic acids is 2. The first kappa shape index (κ1) is 26.3. The monoisotopic (exact) mass is 530 g/mol. The summed E-state index contributed by atoms with van der Waals surface area (Å²) < 4.78 is 5.27.